The van der Waals surface area contributed by atoms with Crippen LogP contribution in [0.25, 0.3) is 0 Å². The zero-order chi connectivity index (χ0) is 16.2. The number of hydrogen-bond acceptors (Lipinski definition) is 2. The Hall–Kier alpha value is -1.00. The summed E-state index contributed by atoms with van der Waals surface area (Å²) in [4.78, 5) is 11.2. The SMILES string of the molecule is CC(=O)OC12CCC(C3CC=C(C)CC3)(CC1)C(F)(F)C2F. The van der Waals surface area contributed by atoms with E-state index in [0.29, 0.717) is 12.8 Å². The molecule has 3 fully saturated rings. The third-order valence-electron chi connectivity index (χ3n) is 6.20. The van der Waals surface area contributed by atoms with E-state index in [1.54, 1.807) is 0 Å². The van der Waals surface area contributed by atoms with Crippen molar-refractivity contribution in [1.29, 1.82) is 0 Å². The molecule has 0 N–H and O–H groups in total. The molecule has 0 aliphatic heterocycles. The van der Waals surface area contributed by atoms with E-state index in [2.05, 4.69) is 0 Å². The van der Waals surface area contributed by atoms with Gasteiger partial charge in [-0.05, 0) is 57.8 Å². The highest BCUT2D eigenvalue weighted by Gasteiger charge is 2.74. The van der Waals surface area contributed by atoms with E-state index in [9.17, 15) is 18.0 Å². The van der Waals surface area contributed by atoms with Crippen LogP contribution in [0.5, 0.6) is 0 Å². The molecule has 0 heterocycles. The fraction of sp³-hybridized carbons (Fsp3) is 0.824. The standard InChI is InChI=1S/C17H23F3O2/c1-11-3-5-13(6-4-11)15-7-9-16(10-8-15,22-12(2)21)14(18)17(15,19)20/h3,13-14H,4-10H2,1-2H3. The van der Waals surface area contributed by atoms with Gasteiger partial charge in [-0.1, -0.05) is 11.6 Å². The number of carbonyl (C=O) groups excluding carboxylic acids is 1. The lowest BCUT2D eigenvalue weighted by molar-refractivity contribution is -0.307. The van der Waals surface area contributed by atoms with Crippen LogP contribution >= 0.6 is 0 Å². The number of halogens is 3. The molecule has 0 aromatic carbocycles. The second-order valence-corrected chi connectivity index (χ2v) is 7.32. The van der Waals surface area contributed by atoms with Crippen LogP contribution in [0, 0.1) is 11.3 Å². The first-order valence-corrected chi connectivity index (χ1v) is 8.11. The van der Waals surface area contributed by atoms with E-state index < -0.39 is 29.1 Å². The molecule has 2 nitrogen and oxygen atoms in total. The van der Waals surface area contributed by atoms with Crippen molar-refractivity contribution in [2.75, 3.05) is 0 Å². The van der Waals surface area contributed by atoms with Crippen molar-refractivity contribution in [3.05, 3.63) is 11.6 Å². The lowest BCUT2D eigenvalue weighted by Crippen LogP contribution is -2.69. The molecule has 5 heteroatoms. The molecule has 0 spiro atoms. The largest absolute Gasteiger partial charge is 0.456 e. The van der Waals surface area contributed by atoms with E-state index in [1.165, 1.54) is 5.57 Å². The number of rotatable bonds is 2. The minimum atomic E-state index is -3.43. The molecule has 4 aliphatic rings. The summed E-state index contributed by atoms with van der Waals surface area (Å²) in [6, 6.07) is 0. The smallest absolute Gasteiger partial charge is 0.303 e. The normalized spacial score (nSPS) is 43.6. The van der Waals surface area contributed by atoms with E-state index in [1.807, 2.05) is 13.0 Å². The summed E-state index contributed by atoms with van der Waals surface area (Å²) in [7, 11) is 0. The molecular weight excluding hydrogens is 293 g/mol. The van der Waals surface area contributed by atoms with Crippen LogP contribution in [-0.4, -0.2) is 23.7 Å². The highest BCUT2D eigenvalue weighted by Crippen LogP contribution is 2.66. The fourth-order valence-corrected chi connectivity index (χ4v) is 4.88. The number of alkyl halides is 3. The Balaban J connectivity index is 1.92. The summed E-state index contributed by atoms with van der Waals surface area (Å²) in [5.41, 5.74) is -1.66. The Morgan fingerprint density at radius 3 is 2.41 bits per heavy atom. The van der Waals surface area contributed by atoms with E-state index >= 15 is 0 Å². The van der Waals surface area contributed by atoms with Gasteiger partial charge in [0.1, 0.15) is 5.60 Å². The topological polar surface area (TPSA) is 26.3 Å². The Bertz CT molecular complexity index is 504. The molecular formula is C17H23F3O2. The van der Waals surface area contributed by atoms with Crippen molar-refractivity contribution in [3.63, 3.8) is 0 Å². The molecule has 0 radical (unpaired) electrons. The Morgan fingerprint density at radius 2 is 1.91 bits per heavy atom. The average molecular weight is 316 g/mol. The second-order valence-electron chi connectivity index (χ2n) is 7.32. The lowest BCUT2D eigenvalue weighted by atomic mass is 9.49. The summed E-state index contributed by atoms with van der Waals surface area (Å²) in [5, 5.41) is 0. The number of carbonyl (C=O) groups is 1. The molecule has 2 bridgehead atoms. The van der Waals surface area contributed by atoms with Gasteiger partial charge in [-0.3, -0.25) is 4.79 Å². The van der Waals surface area contributed by atoms with Crippen molar-refractivity contribution < 1.29 is 22.7 Å². The van der Waals surface area contributed by atoms with E-state index in [4.69, 9.17) is 4.74 Å². The van der Waals surface area contributed by atoms with Gasteiger partial charge in [0.05, 0.1) is 0 Å². The van der Waals surface area contributed by atoms with Gasteiger partial charge in [0.25, 0.3) is 5.92 Å². The van der Waals surface area contributed by atoms with Gasteiger partial charge < -0.3 is 4.74 Å². The summed E-state index contributed by atoms with van der Waals surface area (Å²) in [6.45, 7) is 3.17. The maximum absolute atomic E-state index is 14.9. The molecule has 0 aromatic heterocycles. The minimum Gasteiger partial charge on any atom is -0.456 e. The Kier molecular flexibility index (Phi) is 3.61. The van der Waals surface area contributed by atoms with Gasteiger partial charge in [0, 0.05) is 12.3 Å². The first-order valence-electron chi connectivity index (χ1n) is 8.11. The van der Waals surface area contributed by atoms with Crippen molar-refractivity contribution in [1.82, 2.24) is 0 Å². The average Bonchev–Trinajstić information content (AvgIpc) is 2.46. The molecule has 0 amide bonds. The number of esters is 1. The third kappa shape index (κ3) is 2.04. The molecule has 4 rings (SSSR count). The van der Waals surface area contributed by atoms with Crippen molar-refractivity contribution in [2.45, 2.75) is 76.5 Å². The number of hydrogen-bond donors (Lipinski definition) is 0. The van der Waals surface area contributed by atoms with Gasteiger partial charge in [0.2, 0.25) is 6.17 Å². The van der Waals surface area contributed by atoms with Crippen LogP contribution in [0.2, 0.25) is 0 Å². The number of ether oxygens (including phenoxy) is 1. The highest BCUT2D eigenvalue weighted by molar-refractivity contribution is 5.66. The molecule has 4 aliphatic carbocycles. The van der Waals surface area contributed by atoms with Crippen molar-refractivity contribution in [2.24, 2.45) is 11.3 Å². The van der Waals surface area contributed by atoms with E-state index in [-0.39, 0.29) is 31.6 Å². The zero-order valence-corrected chi connectivity index (χ0v) is 13.1. The van der Waals surface area contributed by atoms with Crippen LogP contribution in [0.15, 0.2) is 11.6 Å². The summed E-state index contributed by atoms with van der Waals surface area (Å²) >= 11 is 0. The molecule has 0 saturated heterocycles. The van der Waals surface area contributed by atoms with Gasteiger partial charge >= 0.3 is 5.97 Å². The highest BCUT2D eigenvalue weighted by atomic mass is 19.3. The summed E-state index contributed by atoms with van der Waals surface area (Å²) < 4.78 is 49.6. The monoisotopic (exact) mass is 316 g/mol. The maximum atomic E-state index is 14.9. The molecule has 124 valence electrons. The van der Waals surface area contributed by atoms with Gasteiger partial charge in [-0.2, -0.15) is 0 Å². The predicted octanol–water partition coefficient (Wildman–Crippen LogP) is 4.58. The van der Waals surface area contributed by atoms with Crippen LogP contribution in [0.1, 0.15) is 58.8 Å². The first kappa shape index (κ1) is 15.9. The van der Waals surface area contributed by atoms with Crippen LogP contribution in [0.3, 0.4) is 0 Å². The van der Waals surface area contributed by atoms with Crippen molar-refractivity contribution in [3.8, 4) is 0 Å². The van der Waals surface area contributed by atoms with Gasteiger partial charge in [0.15, 0.2) is 0 Å². The number of fused-ring (bicyclic) bond motifs is 3. The van der Waals surface area contributed by atoms with Crippen LogP contribution in [0.4, 0.5) is 13.2 Å². The quantitative estimate of drug-likeness (QED) is 0.550. The third-order valence-corrected chi connectivity index (χ3v) is 6.20. The molecule has 3 saturated carbocycles. The number of allylic oxidation sites excluding steroid dienone is 2. The van der Waals surface area contributed by atoms with E-state index in [0.717, 1.165) is 13.3 Å². The Labute approximate surface area is 129 Å². The van der Waals surface area contributed by atoms with Crippen LogP contribution < -0.4 is 0 Å². The molecule has 0 aromatic rings. The molecule has 2 unspecified atom stereocenters. The lowest BCUT2D eigenvalue weighted by Gasteiger charge is -2.60. The molecule has 22 heavy (non-hydrogen) atoms. The van der Waals surface area contributed by atoms with Gasteiger partial charge in [-0.15, -0.1) is 0 Å². The zero-order valence-electron chi connectivity index (χ0n) is 13.1. The van der Waals surface area contributed by atoms with Crippen LogP contribution in [-0.2, 0) is 9.53 Å². The molecule has 2 atom stereocenters. The summed E-state index contributed by atoms with van der Waals surface area (Å²) in [6.07, 6.45) is 2.66. The second kappa shape index (κ2) is 5.00. The first-order chi connectivity index (χ1) is 10.2. The summed E-state index contributed by atoms with van der Waals surface area (Å²) in [5.74, 6) is -4.29. The maximum Gasteiger partial charge on any atom is 0.303 e. The predicted molar refractivity (Wildman–Crippen MR) is 76.3 cm³/mol. The Morgan fingerprint density at radius 1 is 1.27 bits per heavy atom. The minimum absolute atomic E-state index is 0.180. The fourth-order valence-electron chi connectivity index (χ4n) is 4.88. The van der Waals surface area contributed by atoms with Crippen molar-refractivity contribution >= 4 is 5.97 Å². The van der Waals surface area contributed by atoms with Gasteiger partial charge in [-0.25, -0.2) is 13.2 Å².